The summed E-state index contributed by atoms with van der Waals surface area (Å²) in [6, 6.07) is 28.1. The quantitative estimate of drug-likeness (QED) is 0.553. The lowest BCUT2D eigenvalue weighted by Gasteiger charge is -2.37. The normalized spacial score (nSPS) is 13.3. The maximum atomic E-state index is 12.6. The first kappa shape index (κ1) is 19.1. The van der Waals surface area contributed by atoms with Crippen LogP contribution in [0.3, 0.4) is 0 Å². The molecule has 27 heavy (non-hydrogen) atoms. The first-order valence-corrected chi connectivity index (χ1v) is 9.38. The van der Waals surface area contributed by atoms with Gasteiger partial charge in [-0.05, 0) is 45.0 Å². The van der Waals surface area contributed by atoms with Gasteiger partial charge in [-0.3, -0.25) is 4.79 Å². The van der Waals surface area contributed by atoms with Crippen molar-refractivity contribution in [3.8, 4) is 0 Å². The first-order valence-electron chi connectivity index (χ1n) is 9.38. The van der Waals surface area contributed by atoms with Crippen LogP contribution in [-0.2, 0) is 12.8 Å². The minimum atomic E-state index is 0.00626. The van der Waals surface area contributed by atoms with Crippen LogP contribution in [0.4, 0.5) is 0 Å². The Morgan fingerprint density at radius 1 is 0.704 bits per heavy atom. The van der Waals surface area contributed by atoms with E-state index in [-0.39, 0.29) is 11.3 Å². The Kier molecular flexibility index (Phi) is 5.88. The third-order valence-corrected chi connectivity index (χ3v) is 5.34. The van der Waals surface area contributed by atoms with Gasteiger partial charge in [-0.25, -0.2) is 0 Å². The van der Waals surface area contributed by atoms with Gasteiger partial charge in [-0.1, -0.05) is 84.9 Å². The fourth-order valence-corrected chi connectivity index (χ4v) is 3.38. The summed E-state index contributed by atoms with van der Waals surface area (Å²) in [4.78, 5) is 14.9. The Bertz CT molecular complexity index is 869. The fourth-order valence-electron chi connectivity index (χ4n) is 3.38. The number of likely N-dealkylation sites (N-methyl/N-ethyl adjacent to an activating group) is 1. The van der Waals surface area contributed by atoms with Crippen molar-refractivity contribution in [1.82, 2.24) is 4.90 Å². The van der Waals surface area contributed by atoms with Gasteiger partial charge in [0, 0.05) is 16.7 Å². The monoisotopic (exact) mass is 357 g/mol. The maximum Gasteiger partial charge on any atom is 0.193 e. The average molecular weight is 357 g/mol. The molecule has 3 rings (SSSR count). The summed E-state index contributed by atoms with van der Waals surface area (Å²) in [7, 11) is 4.27. The molecule has 0 aliphatic heterocycles. The van der Waals surface area contributed by atoms with Gasteiger partial charge in [-0.15, -0.1) is 0 Å². The van der Waals surface area contributed by atoms with Crippen LogP contribution in [0.2, 0.25) is 0 Å². The van der Waals surface area contributed by atoms with Crippen molar-refractivity contribution >= 4 is 5.78 Å². The van der Waals surface area contributed by atoms with Crippen molar-refractivity contribution in [2.45, 2.75) is 25.3 Å². The summed E-state index contributed by atoms with van der Waals surface area (Å²) in [5.74, 6) is 0.0711. The van der Waals surface area contributed by atoms with Gasteiger partial charge in [-0.2, -0.15) is 0 Å². The van der Waals surface area contributed by atoms with E-state index in [1.54, 1.807) is 0 Å². The van der Waals surface area contributed by atoms with Crippen LogP contribution < -0.4 is 0 Å². The molecule has 0 spiro atoms. The number of nitrogens with zero attached hydrogens (tertiary/aromatic N) is 1. The third kappa shape index (κ3) is 4.72. The second-order valence-electron chi connectivity index (χ2n) is 7.62. The second kappa shape index (κ2) is 8.32. The highest BCUT2D eigenvalue weighted by atomic mass is 16.1. The van der Waals surface area contributed by atoms with Gasteiger partial charge in [0.15, 0.2) is 5.78 Å². The van der Waals surface area contributed by atoms with Crippen LogP contribution in [0.5, 0.6) is 0 Å². The highest BCUT2D eigenvalue weighted by Crippen LogP contribution is 2.24. The molecule has 3 aromatic carbocycles. The van der Waals surface area contributed by atoms with E-state index in [0.717, 1.165) is 24.0 Å². The van der Waals surface area contributed by atoms with E-state index < -0.39 is 0 Å². The number of benzene rings is 3. The highest BCUT2D eigenvalue weighted by Gasteiger charge is 2.27. The lowest BCUT2D eigenvalue weighted by atomic mass is 9.85. The zero-order chi connectivity index (χ0) is 19.3. The number of carbonyl (C=O) groups is 1. The van der Waals surface area contributed by atoms with E-state index in [2.05, 4.69) is 68.4 Å². The lowest BCUT2D eigenvalue weighted by molar-refractivity contribution is 0.103. The molecule has 2 heteroatoms. The number of ketones is 1. The number of carbonyl (C=O) groups excluding carboxylic acids is 1. The smallest absolute Gasteiger partial charge is 0.193 e. The Labute approximate surface area is 162 Å². The van der Waals surface area contributed by atoms with Crippen LogP contribution in [-0.4, -0.2) is 30.3 Å². The molecule has 0 radical (unpaired) electrons. The standard InChI is InChI=1S/C25H27NO/c1-25(26(2)3,18-20-10-6-4-7-11-20)19-21-14-16-23(17-15-21)24(27)22-12-8-5-9-13-22/h4-17H,18-19H2,1-3H3. The summed E-state index contributed by atoms with van der Waals surface area (Å²) in [5, 5.41) is 0. The van der Waals surface area contributed by atoms with Crippen LogP contribution in [0, 0.1) is 0 Å². The lowest BCUT2D eigenvalue weighted by Crippen LogP contribution is -2.45. The predicted octanol–water partition coefficient (Wildman–Crippen LogP) is 5.02. The van der Waals surface area contributed by atoms with E-state index in [0.29, 0.717) is 0 Å². The van der Waals surface area contributed by atoms with Gasteiger partial charge in [0.25, 0.3) is 0 Å². The molecule has 1 atom stereocenters. The summed E-state index contributed by atoms with van der Waals surface area (Å²) < 4.78 is 0. The highest BCUT2D eigenvalue weighted by molar-refractivity contribution is 6.08. The van der Waals surface area contributed by atoms with E-state index in [9.17, 15) is 4.79 Å². The molecule has 138 valence electrons. The molecule has 2 nitrogen and oxygen atoms in total. The molecule has 0 N–H and O–H groups in total. The molecule has 0 aliphatic carbocycles. The van der Waals surface area contributed by atoms with Crippen molar-refractivity contribution in [2.24, 2.45) is 0 Å². The summed E-state index contributed by atoms with van der Waals surface area (Å²) in [6.45, 7) is 2.29. The molecule has 0 aromatic heterocycles. The van der Waals surface area contributed by atoms with E-state index in [1.807, 2.05) is 42.5 Å². The van der Waals surface area contributed by atoms with Gasteiger partial charge in [0.2, 0.25) is 0 Å². The molecule has 0 saturated carbocycles. The molecule has 0 heterocycles. The molecule has 0 bridgehead atoms. The molecule has 3 aromatic rings. The Morgan fingerprint density at radius 2 is 1.15 bits per heavy atom. The summed E-state index contributed by atoms with van der Waals surface area (Å²) in [5.41, 5.74) is 4.05. The van der Waals surface area contributed by atoms with Gasteiger partial charge in [0.05, 0.1) is 0 Å². The van der Waals surface area contributed by atoms with E-state index in [1.165, 1.54) is 11.1 Å². The molecule has 0 fully saturated rings. The van der Waals surface area contributed by atoms with Crippen molar-refractivity contribution in [1.29, 1.82) is 0 Å². The molecular formula is C25H27NO. The van der Waals surface area contributed by atoms with Crippen molar-refractivity contribution in [2.75, 3.05) is 14.1 Å². The minimum Gasteiger partial charge on any atom is -0.303 e. The van der Waals surface area contributed by atoms with Crippen LogP contribution >= 0.6 is 0 Å². The van der Waals surface area contributed by atoms with E-state index in [4.69, 9.17) is 0 Å². The van der Waals surface area contributed by atoms with Gasteiger partial charge in [0.1, 0.15) is 0 Å². The number of rotatable bonds is 7. The molecular weight excluding hydrogens is 330 g/mol. The Morgan fingerprint density at radius 3 is 1.67 bits per heavy atom. The Hall–Kier alpha value is -2.71. The van der Waals surface area contributed by atoms with Crippen LogP contribution in [0.15, 0.2) is 84.9 Å². The zero-order valence-corrected chi connectivity index (χ0v) is 16.4. The van der Waals surface area contributed by atoms with Crippen molar-refractivity contribution < 1.29 is 4.79 Å². The van der Waals surface area contributed by atoms with Crippen molar-refractivity contribution in [3.63, 3.8) is 0 Å². The maximum absolute atomic E-state index is 12.6. The average Bonchev–Trinajstić information content (AvgIpc) is 2.69. The largest absolute Gasteiger partial charge is 0.303 e. The van der Waals surface area contributed by atoms with E-state index >= 15 is 0 Å². The molecule has 1 unspecified atom stereocenters. The first-order chi connectivity index (χ1) is 13.0. The number of hydrogen-bond donors (Lipinski definition) is 0. The molecule has 0 saturated heterocycles. The molecule has 0 aliphatic rings. The summed E-state index contributed by atoms with van der Waals surface area (Å²) in [6.07, 6.45) is 1.90. The second-order valence-corrected chi connectivity index (χ2v) is 7.62. The topological polar surface area (TPSA) is 20.3 Å². The number of hydrogen-bond acceptors (Lipinski definition) is 2. The fraction of sp³-hybridized carbons (Fsp3) is 0.240. The molecule has 0 amide bonds. The SMILES string of the molecule is CN(C)C(C)(Cc1ccccc1)Cc1ccc(C(=O)c2ccccc2)cc1. The third-order valence-electron chi connectivity index (χ3n) is 5.34. The zero-order valence-electron chi connectivity index (χ0n) is 16.4. The van der Waals surface area contributed by atoms with Crippen LogP contribution in [0.1, 0.15) is 34.0 Å². The predicted molar refractivity (Wildman–Crippen MR) is 112 cm³/mol. The van der Waals surface area contributed by atoms with Gasteiger partial charge >= 0.3 is 0 Å². The van der Waals surface area contributed by atoms with Gasteiger partial charge < -0.3 is 4.90 Å². The Balaban J connectivity index is 1.76. The minimum absolute atomic E-state index is 0.00626. The van der Waals surface area contributed by atoms with Crippen molar-refractivity contribution in [3.05, 3.63) is 107 Å². The van der Waals surface area contributed by atoms with Crippen LogP contribution in [0.25, 0.3) is 0 Å². The summed E-state index contributed by atoms with van der Waals surface area (Å²) >= 11 is 0.